The van der Waals surface area contributed by atoms with E-state index in [1.165, 1.54) is 10.5 Å². The largest absolute Gasteiger partial charge is 0.484 e. The van der Waals surface area contributed by atoms with Crippen molar-refractivity contribution in [1.29, 1.82) is 0 Å². The number of halogens is 1. The number of nitrogens with one attached hydrogen (secondary N) is 1. The fraction of sp³-hybridized carbons (Fsp3) is 0.333. The number of quaternary nitrogens is 1. The Bertz CT molecular complexity index is 673. The molecular formula is C18H21BrN3O2+. The molecule has 1 fully saturated rings. The van der Waals surface area contributed by atoms with Gasteiger partial charge in [0.1, 0.15) is 12.3 Å². The quantitative estimate of drug-likeness (QED) is 0.832. The second-order valence-corrected chi connectivity index (χ2v) is 6.82. The number of hydrogen-bond acceptors (Lipinski definition) is 3. The maximum atomic E-state index is 12.3. The first kappa shape index (κ1) is 16.9. The van der Waals surface area contributed by atoms with E-state index in [4.69, 9.17) is 4.74 Å². The van der Waals surface area contributed by atoms with E-state index in [0.717, 1.165) is 37.2 Å². The Kier molecular flexibility index (Phi) is 5.82. The van der Waals surface area contributed by atoms with Gasteiger partial charge in [0.05, 0.1) is 26.2 Å². The number of nitrogens with zero attached hydrogens (tertiary/aromatic N) is 2. The van der Waals surface area contributed by atoms with E-state index in [-0.39, 0.29) is 12.5 Å². The molecule has 5 nitrogen and oxygen atoms in total. The van der Waals surface area contributed by atoms with Crippen LogP contribution in [0.15, 0.2) is 53.3 Å². The van der Waals surface area contributed by atoms with Crippen LogP contribution in [0.3, 0.4) is 0 Å². The zero-order valence-corrected chi connectivity index (χ0v) is 15.0. The van der Waals surface area contributed by atoms with Gasteiger partial charge in [-0.1, -0.05) is 22.0 Å². The topological polar surface area (TPSA) is 46.9 Å². The number of piperazine rings is 1. The predicted molar refractivity (Wildman–Crippen MR) is 94.9 cm³/mol. The highest BCUT2D eigenvalue weighted by Gasteiger charge is 2.23. The molecule has 126 valence electrons. The molecule has 1 aliphatic rings. The van der Waals surface area contributed by atoms with Crippen molar-refractivity contribution in [2.24, 2.45) is 0 Å². The molecule has 0 radical (unpaired) electrons. The summed E-state index contributed by atoms with van der Waals surface area (Å²) in [5.41, 5.74) is 1.29. The molecule has 2 heterocycles. The minimum Gasteiger partial charge on any atom is -0.484 e. The van der Waals surface area contributed by atoms with Gasteiger partial charge in [0.2, 0.25) is 0 Å². The third-order valence-corrected chi connectivity index (χ3v) is 4.68. The van der Waals surface area contributed by atoms with E-state index in [2.05, 4.69) is 33.0 Å². The van der Waals surface area contributed by atoms with Gasteiger partial charge in [0.25, 0.3) is 5.91 Å². The standard InChI is InChI=1S/C18H20BrN3O2/c19-16-2-1-3-17(12-16)24-14-18(23)22-10-8-21(9-11-22)13-15-4-6-20-7-5-15/h1-7,12H,8-11,13-14H2/p+1. The second-order valence-electron chi connectivity index (χ2n) is 5.91. The van der Waals surface area contributed by atoms with Gasteiger partial charge in [-0.2, -0.15) is 0 Å². The van der Waals surface area contributed by atoms with Crippen molar-refractivity contribution in [1.82, 2.24) is 9.88 Å². The highest BCUT2D eigenvalue weighted by atomic mass is 79.9. The number of carbonyl (C=O) groups is 1. The van der Waals surface area contributed by atoms with E-state index in [1.807, 2.05) is 41.6 Å². The number of carbonyl (C=O) groups excluding carboxylic acids is 1. The van der Waals surface area contributed by atoms with Crippen molar-refractivity contribution in [3.63, 3.8) is 0 Å². The van der Waals surface area contributed by atoms with Crippen LogP contribution in [0.5, 0.6) is 5.75 Å². The Morgan fingerprint density at radius 1 is 1.21 bits per heavy atom. The fourth-order valence-electron chi connectivity index (χ4n) is 2.83. The summed E-state index contributed by atoms with van der Waals surface area (Å²) in [5, 5.41) is 0. The molecule has 0 saturated carbocycles. The number of ether oxygens (including phenoxy) is 1. The Hall–Kier alpha value is -1.92. The molecular weight excluding hydrogens is 370 g/mol. The molecule has 1 N–H and O–H groups in total. The Labute approximate surface area is 150 Å². The van der Waals surface area contributed by atoms with Crippen molar-refractivity contribution >= 4 is 21.8 Å². The first-order chi connectivity index (χ1) is 11.7. The number of aromatic nitrogens is 1. The van der Waals surface area contributed by atoms with Crippen molar-refractivity contribution in [3.8, 4) is 5.75 Å². The molecule has 0 unspecified atom stereocenters. The lowest BCUT2D eigenvalue weighted by Gasteiger charge is -2.32. The van der Waals surface area contributed by atoms with Gasteiger partial charge in [-0.15, -0.1) is 0 Å². The third kappa shape index (κ3) is 4.79. The summed E-state index contributed by atoms with van der Waals surface area (Å²) in [6.07, 6.45) is 3.65. The average Bonchev–Trinajstić information content (AvgIpc) is 2.61. The molecule has 1 saturated heterocycles. The molecule has 0 bridgehead atoms. The van der Waals surface area contributed by atoms with Crippen LogP contribution >= 0.6 is 15.9 Å². The van der Waals surface area contributed by atoms with Crippen LogP contribution in [0.2, 0.25) is 0 Å². The molecule has 1 aromatic heterocycles. The monoisotopic (exact) mass is 390 g/mol. The lowest BCUT2D eigenvalue weighted by Crippen LogP contribution is -3.13. The molecule has 3 rings (SSSR count). The lowest BCUT2D eigenvalue weighted by atomic mass is 10.2. The van der Waals surface area contributed by atoms with Crippen molar-refractivity contribution in [2.45, 2.75) is 6.54 Å². The zero-order chi connectivity index (χ0) is 16.8. The Balaban J connectivity index is 1.43. The van der Waals surface area contributed by atoms with E-state index >= 15 is 0 Å². The first-order valence-corrected chi connectivity index (χ1v) is 8.88. The number of benzene rings is 1. The van der Waals surface area contributed by atoms with Gasteiger partial charge in [-0.3, -0.25) is 9.78 Å². The van der Waals surface area contributed by atoms with Crippen LogP contribution in [-0.2, 0) is 11.3 Å². The molecule has 0 spiro atoms. The van der Waals surface area contributed by atoms with Crippen LogP contribution in [-0.4, -0.2) is 48.6 Å². The average molecular weight is 391 g/mol. The Morgan fingerprint density at radius 3 is 2.67 bits per heavy atom. The van der Waals surface area contributed by atoms with Crippen molar-refractivity contribution in [2.75, 3.05) is 32.8 Å². The molecule has 0 aliphatic carbocycles. The van der Waals surface area contributed by atoms with Gasteiger partial charge >= 0.3 is 0 Å². The molecule has 2 aromatic rings. The van der Waals surface area contributed by atoms with E-state index in [1.54, 1.807) is 0 Å². The predicted octanol–water partition coefficient (Wildman–Crippen LogP) is 1.15. The smallest absolute Gasteiger partial charge is 0.260 e. The summed E-state index contributed by atoms with van der Waals surface area (Å²) in [6.45, 7) is 4.56. The summed E-state index contributed by atoms with van der Waals surface area (Å²) >= 11 is 3.40. The summed E-state index contributed by atoms with van der Waals surface area (Å²) in [4.78, 5) is 19.7. The van der Waals surface area contributed by atoms with Crippen LogP contribution in [0, 0.1) is 0 Å². The number of pyridine rings is 1. The fourth-order valence-corrected chi connectivity index (χ4v) is 3.21. The molecule has 1 amide bonds. The second kappa shape index (κ2) is 8.26. The van der Waals surface area contributed by atoms with E-state index < -0.39 is 0 Å². The van der Waals surface area contributed by atoms with Crippen molar-refractivity contribution < 1.29 is 14.4 Å². The summed E-state index contributed by atoms with van der Waals surface area (Å²) < 4.78 is 6.53. The van der Waals surface area contributed by atoms with Crippen LogP contribution in [0.4, 0.5) is 0 Å². The molecule has 0 atom stereocenters. The van der Waals surface area contributed by atoms with Gasteiger partial charge in [0, 0.05) is 22.4 Å². The van der Waals surface area contributed by atoms with Gasteiger partial charge in [0.15, 0.2) is 6.61 Å². The maximum absolute atomic E-state index is 12.3. The lowest BCUT2D eigenvalue weighted by molar-refractivity contribution is -0.917. The summed E-state index contributed by atoms with van der Waals surface area (Å²) in [7, 11) is 0. The SMILES string of the molecule is O=C(COc1cccc(Br)c1)N1CC[NH+](Cc2ccncc2)CC1. The summed E-state index contributed by atoms with van der Waals surface area (Å²) in [5.74, 6) is 0.762. The molecule has 1 aromatic carbocycles. The highest BCUT2D eigenvalue weighted by Crippen LogP contribution is 2.17. The van der Waals surface area contributed by atoms with Gasteiger partial charge < -0.3 is 14.5 Å². The maximum Gasteiger partial charge on any atom is 0.260 e. The van der Waals surface area contributed by atoms with Gasteiger partial charge in [-0.05, 0) is 30.3 Å². The minimum atomic E-state index is 0.0536. The molecule has 6 heteroatoms. The first-order valence-electron chi connectivity index (χ1n) is 8.09. The Morgan fingerprint density at radius 2 is 1.96 bits per heavy atom. The van der Waals surface area contributed by atoms with Crippen LogP contribution in [0.25, 0.3) is 0 Å². The van der Waals surface area contributed by atoms with Crippen LogP contribution in [0.1, 0.15) is 5.56 Å². The van der Waals surface area contributed by atoms with Gasteiger partial charge in [-0.25, -0.2) is 0 Å². The number of rotatable bonds is 5. The highest BCUT2D eigenvalue weighted by molar-refractivity contribution is 9.10. The van der Waals surface area contributed by atoms with E-state index in [0.29, 0.717) is 5.75 Å². The number of amides is 1. The summed E-state index contributed by atoms with van der Waals surface area (Å²) in [6, 6.07) is 11.6. The number of hydrogen-bond donors (Lipinski definition) is 1. The van der Waals surface area contributed by atoms with Crippen molar-refractivity contribution in [3.05, 3.63) is 58.8 Å². The normalized spacial score (nSPS) is 15.3. The minimum absolute atomic E-state index is 0.0536. The molecule has 1 aliphatic heterocycles. The van der Waals surface area contributed by atoms with E-state index in [9.17, 15) is 4.79 Å². The van der Waals surface area contributed by atoms with Crippen LogP contribution < -0.4 is 9.64 Å². The zero-order valence-electron chi connectivity index (χ0n) is 13.5. The molecule has 24 heavy (non-hydrogen) atoms. The third-order valence-electron chi connectivity index (χ3n) is 4.19.